The van der Waals surface area contributed by atoms with Crippen LogP contribution in [0.2, 0.25) is 0 Å². The van der Waals surface area contributed by atoms with Gasteiger partial charge in [0, 0.05) is 25.8 Å². The van der Waals surface area contributed by atoms with Crippen molar-refractivity contribution < 1.29 is 19.1 Å². The van der Waals surface area contributed by atoms with Crippen molar-refractivity contribution in [3.05, 3.63) is 93.5 Å². The van der Waals surface area contributed by atoms with Crippen LogP contribution in [0.25, 0.3) is 18.2 Å². The van der Waals surface area contributed by atoms with E-state index >= 15 is 0 Å². The normalized spacial score (nSPS) is 11.2. The predicted molar refractivity (Wildman–Crippen MR) is 123 cm³/mol. The fraction of sp³-hybridized carbons (Fsp3) is 0.120. The zero-order valence-electron chi connectivity index (χ0n) is 17.5. The van der Waals surface area contributed by atoms with Crippen molar-refractivity contribution >= 4 is 29.7 Å². The highest BCUT2D eigenvalue weighted by atomic mass is 16.5. The molecular weight excluding hydrogens is 394 g/mol. The van der Waals surface area contributed by atoms with E-state index in [2.05, 4.69) is 0 Å². The highest BCUT2D eigenvalue weighted by Crippen LogP contribution is 2.20. The lowest BCUT2D eigenvalue weighted by Crippen LogP contribution is -2.13. The monoisotopic (exact) mass is 417 g/mol. The average Bonchev–Trinajstić information content (AvgIpc) is 2.76. The lowest BCUT2D eigenvalue weighted by atomic mass is 10.1. The van der Waals surface area contributed by atoms with Gasteiger partial charge in [0.05, 0.1) is 7.11 Å². The van der Waals surface area contributed by atoms with Crippen molar-refractivity contribution in [1.29, 1.82) is 0 Å². The second-order valence-electron chi connectivity index (χ2n) is 6.99. The number of nitrogens with zero attached hydrogens (tertiary/aromatic N) is 1. The second kappa shape index (κ2) is 9.63. The molecule has 1 heterocycles. The fourth-order valence-corrected chi connectivity index (χ4v) is 2.84. The van der Waals surface area contributed by atoms with Gasteiger partial charge >= 0.3 is 5.63 Å². The molecule has 2 aromatic carbocycles. The van der Waals surface area contributed by atoms with Gasteiger partial charge in [0.25, 0.3) is 0 Å². The molecule has 0 spiro atoms. The number of ketones is 1. The third-order valence-corrected chi connectivity index (χ3v) is 4.59. The van der Waals surface area contributed by atoms with Gasteiger partial charge in [-0.25, -0.2) is 4.79 Å². The molecule has 3 aromatic rings. The molecule has 6 heteroatoms. The van der Waals surface area contributed by atoms with Gasteiger partial charge in [-0.1, -0.05) is 36.4 Å². The molecule has 0 amide bonds. The molecular formula is C25H23NO5. The molecule has 1 aromatic heterocycles. The largest absolute Gasteiger partial charge is 0.507 e. The Labute approximate surface area is 180 Å². The Morgan fingerprint density at radius 3 is 2.16 bits per heavy atom. The van der Waals surface area contributed by atoms with E-state index in [0.717, 1.165) is 16.8 Å². The average molecular weight is 417 g/mol. The molecule has 0 unspecified atom stereocenters. The summed E-state index contributed by atoms with van der Waals surface area (Å²) >= 11 is 0. The van der Waals surface area contributed by atoms with Crippen LogP contribution >= 0.6 is 0 Å². The number of allylic oxidation sites excluding steroid dienone is 1. The van der Waals surface area contributed by atoms with Crippen LogP contribution in [0.3, 0.4) is 0 Å². The molecule has 0 atom stereocenters. The number of aromatic hydroxyl groups is 1. The van der Waals surface area contributed by atoms with Crippen LogP contribution in [-0.4, -0.2) is 32.1 Å². The number of carbonyl (C=O) groups excluding carboxylic acids is 1. The smallest absolute Gasteiger partial charge is 0.351 e. The van der Waals surface area contributed by atoms with Crippen LogP contribution in [0, 0.1) is 0 Å². The van der Waals surface area contributed by atoms with E-state index in [9.17, 15) is 14.7 Å². The SMILES string of the molecule is COc1ccc(/C=C/C(=O)c2c(O)cc(/C=C/c3ccc(N(C)C)cc3)oc2=O)cc1. The third-order valence-electron chi connectivity index (χ3n) is 4.59. The van der Waals surface area contributed by atoms with Gasteiger partial charge in [-0.2, -0.15) is 0 Å². The topological polar surface area (TPSA) is 80.0 Å². The van der Waals surface area contributed by atoms with E-state index in [0.29, 0.717) is 5.75 Å². The molecule has 158 valence electrons. The molecule has 31 heavy (non-hydrogen) atoms. The number of hydrogen-bond acceptors (Lipinski definition) is 6. The van der Waals surface area contributed by atoms with E-state index < -0.39 is 22.7 Å². The van der Waals surface area contributed by atoms with Crippen LogP contribution in [0.5, 0.6) is 11.5 Å². The van der Waals surface area contributed by atoms with E-state index in [1.54, 1.807) is 49.6 Å². The predicted octanol–water partition coefficient (Wildman–Crippen LogP) is 4.49. The van der Waals surface area contributed by atoms with Crippen molar-refractivity contribution in [3.63, 3.8) is 0 Å². The zero-order chi connectivity index (χ0) is 22.4. The Kier molecular flexibility index (Phi) is 6.72. The van der Waals surface area contributed by atoms with Gasteiger partial charge in [0.15, 0.2) is 5.78 Å². The summed E-state index contributed by atoms with van der Waals surface area (Å²) in [6, 6.07) is 16.1. The lowest BCUT2D eigenvalue weighted by Gasteiger charge is -2.11. The summed E-state index contributed by atoms with van der Waals surface area (Å²) in [6.45, 7) is 0. The molecule has 0 aliphatic heterocycles. The Hall–Kier alpha value is -4.06. The summed E-state index contributed by atoms with van der Waals surface area (Å²) in [5.41, 5.74) is 1.41. The molecule has 0 bridgehead atoms. The van der Waals surface area contributed by atoms with E-state index in [1.807, 2.05) is 43.3 Å². The molecule has 0 aliphatic rings. The number of hydrogen-bond donors (Lipinski definition) is 1. The summed E-state index contributed by atoms with van der Waals surface area (Å²) < 4.78 is 10.3. The highest BCUT2D eigenvalue weighted by molar-refractivity contribution is 6.08. The Morgan fingerprint density at radius 2 is 1.58 bits per heavy atom. The lowest BCUT2D eigenvalue weighted by molar-refractivity contribution is 0.104. The van der Waals surface area contributed by atoms with Crippen LogP contribution in [0.15, 0.2) is 69.9 Å². The number of rotatable bonds is 7. The molecule has 3 rings (SSSR count). The molecule has 6 nitrogen and oxygen atoms in total. The van der Waals surface area contributed by atoms with Gasteiger partial charge in [-0.05, 0) is 47.5 Å². The Balaban J connectivity index is 1.76. The van der Waals surface area contributed by atoms with Gasteiger partial charge in [-0.3, -0.25) is 4.79 Å². The minimum absolute atomic E-state index is 0.148. The van der Waals surface area contributed by atoms with Crippen LogP contribution in [0.4, 0.5) is 5.69 Å². The standard InChI is InChI=1S/C25H23NO5/c1-26(2)19-10-4-17(5-11-19)8-14-21-16-23(28)24(25(29)31-21)22(27)15-9-18-6-12-20(30-3)13-7-18/h4-16,28H,1-3H3/b14-8+,15-9+. The summed E-state index contributed by atoms with van der Waals surface area (Å²) in [5.74, 6) is -0.228. The van der Waals surface area contributed by atoms with Crippen molar-refractivity contribution in [2.24, 2.45) is 0 Å². The first-order valence-corrected chi connectivity index (χ1v) is 9.56. The van der Waals surface area contributed by atoms with Crippen molar-refractivity contribution in [2.45, 2.75) is 0 Å². The summed E-state index contributed by atoms with van der Waals surface area (Å²) in [6.07, 6.45) is 6.08. The fourth-order valence-electron chi connectivity index (χ4n) is 2.84. The van der Waals surface area contributed by atoms with Crippen LogP contribution < -0.4 is 15.3 Å². The first-order valence-electron chi connectivity index (χ1n) is 9.56. The first-order chi connectivity index (χ1) is 14.9. The highest BCUT2D eigenvalue weighted by Gasteiger charge is 2.16. The number of carbonyl (C=O) groups is 1. The Morgan fingerprint density at radius 1 is 0.968 bits per heavy atom. The van der Waals surface area contributed by atoms with E-state index in [4.69, 9.17) is 9.15 Å². The van der Waals surface area contributed by atoms with Crippen LogP contribution in [-0.2, 0) is 0 Å². The summed E-state index contributed by atoms with van der Waals surface area (Å²) in [5, 5.41) is 10.2. The van der Waals surface area contributed by atoms with Gasteiger partial charge in [0.2, 0.25) is 0 Å². The zero-order valence-corrected chi connectivity index (χ0v) is 17.5. The van der Waals surface area contributed by atoms with E-state index in [-0.39, 0.29) is 5.76 Å². The molecule has 0 saturated carbocycles. The third kappa shape index (κ3) is 5.51. The molecule has 0 aliphatic carbocycles. The Bertz CT molecular complexity index is 1170. The molecule has 0 saturated heterocycles. The van der Waals surface area contributed by atoms with Crippen molar-refractivity contribution in [3.8, 4) is 11.5 Å². The quantitative estimate of drug-likeness (QED) is 0.451. The second-order valence-corrected chi connectivity index (χ2v) is 6.99. The molecule has 1 N–H and O–H groups in total. The van der Waals surface area contributed by atoms with Crippen molar-refractivity contribution in [1.82, 2.24) is 0 Å². The molecule has 0 fully saturated rings. The number of methoxy groups -OCH3 is 1. The first kappa shape index (κ1) is 21.6. The maximum atomic E-state index is 12.4. The minimum Gasteiger partial charge on any atom is -0.507 e. The van der Waals surface area contributed by atoms with Crippen LogP contribution in [0.1, 0.15) is 27.2 Å². The number of benzene rings is 2. The maximum Gasteiger partial charge on any atom is 0.351 e. The minimum atomic E-state index is -0.896. The van der Waals surface area contributed by atoms with E-state index in [1.165, 1.54) is 12.1 Å². The number of ether oxygens (including phenoxy) is 1. The van der Waals surface area contributed by atoms with Gasteiger partial charge < -0.3 is 19.2 Å². The van der Waals surface area contributed by atoms with Gasteiger partial charge in [-0.15, -0.1) is 0 Å². The molecule has 0 radical (unpaired) electrons. The maximum absolute atomic E-state index is 12.4. The summed E-state index contributed by atoms with van der Waals surface area (Å²) in [7, 11) is 5.48. The van der Waals surface area contributed by atoms with Crippen molar-refractivity contribution in [2.75, 3.05) is 26.1 Å². The number of anilines is 1. The summed E-state index contributed by atoms with van der Waals surface area (Å²) in [4.78, 5) is 26.7. The van der Waals surface area contributed by atoms with Gasteiger partial charge in [0.1, 0.15) is 22.8 Å².